The van der Waals surface area contributed by atoms with Crippen LogP contribution in [0.2, 0.25) is 0 Å². The van der Waals surface area contributed by atoms with Crippen LogP contribution in [0.1, 0.15) is 40.0 Å². The van der Waals surface area contributed by atoms with Crippen LogP contribution in [-0.4, -0.2) is 25.2 Å². The number of ether oxygens (including phenoxy) is 1. The maximum Gasteiger partial charge on any atom is 0.249 e. The first-order valence-electron chi connectivity index (χ1n) is 5.89. The van der Waals surface area contributed by atoms with Crippen LogP contribution in [0.25, 0.3) is 0 Å². The van der Waals surface area contributed by atoms with Gasteiger partial charge in [-0.1, -0.05) is 26.7 Å². The van der Waals surface area contributed by atoms with Crippen molar-refractivity contribution in [2.45, 2.75) is 52.2 Å². The van der Waals surface area contributed by atoms with Gasteiger partial charge in [0.1, 0.15) is 6.10 Å². The van der Waals surface area contributed by atoms with Crippen LogP contribution in [0.3, 0.4) is 0 Å². The van der Waals surface area contributed by atoms with Gasteiger partial charge in [0.15, 0.2) is 0 Å². The highest BCUT2D eigenvalue weighted by Gasteiger charge is 2.29. The first-order chi connectivity index (χ1) is 7.06. The van der Waals surface area contributed by atoms with Gasteiger partial charge in [0.2, 0.25) is 5.91 Å². The topological polar surface area (TPSA) is 38.3 Å². The van der Waals surface area contributed by atoms with Crippen molar-refractivity contribution in [3.8, 4) is 0 Å². The fourth-order valence-corrected chi connectivity index (χ4v) is 2.19. The number of hydrogen-bond acceptors (Lipinski definition) is 2. The van der Waals surface area contributed by atoms with Crippen LogP contribution in [0.5, 0.6) is 0 Å². The first kappa shape index (κ1) is 12.5. The van der Waals surface area contributed by atoms with Gasteiger partial charge in [0.25, 0.3) is 0 Å². The summed E-state index contributed by atoms with van der Waals surface area (Å²) in [6.45, 7) is 6.28. The van der Waals surface area contributed by atoms with E-state index < -0.39 is 0 Å². The van der Waals surface area contributed by atoms with Crippen molar-refractivity contribution in [2.75, 3.05) is 7.11 Å². The lowest BCUT2D eigenvalue weighted by Gasteiger charge is -2.35. The molecule has 0 heterocycles. The second-order valence-electron chi connectivity index (χ2n) is 4.76. The molecule has 1 rings (SSSR count). The zero-order valence-electron chi connectivity index (χ0n) is 10.2. The molecule has 0 aliphatic heterocycles. The Bertz CT molecular complexity index is 218. The molecule has 1 aliphatic carbocycles. The molecule has 3 heteroatoms. The van der Waals surface area contributed by atoms with Crippen LogP contribution in [0.15, 0.2) is 0 Å². The van der Waals surface area contributed by atoms with E-state index in [2.05, 4.69) is 19.2 Å². The highest BCUT2D eigenvalue weighted by atomic mass is 16.5. The third-order valence-electron chi connectivity index (χ3n) is 3.76. The fraction of sp³-hybridized carbons (Fsp3) is 0.917. The molecule has 1 N–H and O–H groups in total. The third kappa shape index (κ3) is 3.20. The van der Waals surface area contributed by atoms with Gasteiger partial charge in [-0.25, -0.2) is 0 Å². The maximum atomic E-state index is 11.7. The summed E-state index contributed by atoms with van der Waals surface area (Å²) in [6.07, 6.45) is 3.27. The number of carbonyl (C=O) groups excluding carboxylic acids is 1. The average Bonchev–Trinajstić information content (AvgIpc) is 2.23. The molecule has 4 unspecified atom stereocenters. The molecular formula is C12H23NO2. The molecule has 4 atom stereocenters. The summed E-state index contributed by atoms with van der Waals surface area (Å²) in [5.41, 5.74) is 0. The molecule has 0 spiro atoms. The summed E-state index contributed by atoms with van der Waals surface area (Å²) in [5.74, 6) is 1.30. The predicted molar refractivity (Wildman–Crippen MR) is 60.6 cm³/mol. The van der Waals surface area contributed by atoms with E-state index in [9.17, 15) is 4.79 Å². The highest BCUT2D eigenvalue weighted by molar-refractivity contribution is 5.80. The lowest BCUT2D eigenvalue weighted by atomic mass is 9.78. The Kier molecular flexibility index (Phi) is 4.58. The van der Waals surface area contributed by atoms with Gasteiger partial charge in [-0.05, 0) is 25.2 Å². The van der Waals surface area contributed by atoms with Crippen molar-refractivity contribution in [3.05, 3.63) is 0 Å². The first-order valence-corrected chi connectivity index (χ1v) is 5.89. The second kappa shape index (κ2) is 5.50. The van der Waals surface area contributed by atoms with Crippen LogP contribution < -0.4 is 5.32 Å². The van der Waals surface area contributed by atoms with Gasteiger partial charge in [0, 0.05) is 13.2 Å². The van der Waals surface area contributed by atoms with E-state index in [1.807, 2.05) is 0 Å². The van der Waals surface area contributed by atoms with Gasteiger partial charge in [-0.3, -0.25) is 4.79 Å². The number of amides is 1. The van der Waals surface area contributed by atoms with Crippen molar-refractivity contribution in [3.63, 3.8) is 0 Å². The van der Waals surface area contributed by atoms with Gasteiger partial charge in [0.05, 0.1) is 0 Å². The quantitative estimate of drug-likeness (QED) is 0.778. The summed E-state index contributed by atoms with van der Waals surface area (Å²) < 4.78 is 5.00. The molecular weight excluding hydrogens is 190 g/mol. The van der Waals surface area contributed by atoms with Crippen LogP contribution in [-0.2, 0) is 9.53 Å². The van der Waals surface area contributed by atoms with E-state index in [-0.39, 0.29) is 12.0 Å². The average molecular weight is 213 g/mol. The minimum absolute atomic E-state index is 0.0171. The third-order valence-corrected chi connectivity index (χ3v) is 3.76. The molecule has 1 saturated carbocycles. The van der Waals surface area contributed by atoms with Crippen molar-refractivity contribution in [1.29, 1.82) is 0 Å². The minimum Gasteiger partial charge on any atom is -0.372 e. The van der Waals surface area contributed by atoms with Crippen LogP contribution in [0, 0.1) is 11.8 Å². The molecule has 0 saturated heterocycles. The van der Waals surface area contributed by atoms with Gasteiger partial charge < -0.3 is 10.1 Å². The smallest absolute Gasteiger partial charge is 0.249 e. The molecule has 0 aromatic carbocycles. The molecule has 0 bridgehead atoms. The Morgan fingerprint density at radius 1 is 1.40 bits per heavy atom. The number of hydrogen-bond donors (Lipinski definition) is 1. The van der Waals surface area contributed by atoms with Crippen molar-refractivity contribution in [2.24, 2.45) is 11.8 Å². The number of carbonyl (C=O) groups is 1. The Balaban J connectivity index is 2.46. The molecule has 1 amide bonds. The van der Waals surface area contributed by atoms with Crippen molar-refractivity contribution < 1.29 is 9.53 Å². The van der Waals surface area contributed by atoms with Crippen LogP contribution >= 0.6 is 0 Å². The van der Waals surface area contributed by atoms with E-state index in [1.165, 1.54) is 12.8 Å². The van der Waals surface area contributed by atoms with Gasteiger partial charge in [-0.2, -0.15) is 0 Å². The summed E-state index contributed by atoms with van der Waals surface area (Å²) in [4.78, 5) is 11.7. The molecule has 0 aromatic rings. The molecule has 15 heavy (non-hydrogen) atoms. The zero-order chi connectivity index (χ0) is 11.4. The van der Waals surface area contributed by atoms with E-state index >= 15 is 0 Å². The number of methoxy groups -OCH3 is 1. The maximum absolute atomic E-state index is 11.7. The van der Waals surface area contributed by atoms with E-state index in [0.29, 0.717) is 17.9 Å². The van der Waals surface area contributed by atoms with Crippen molar-refractivity contribution >= 4 is 5.91 Å². The Hall–Kier alpha value is -0.570. The fourth-order valence-electron chi connectivity index (χ4n) is 2.19. The second-order valence-corrected chi connectivity index (χ2v) is 4.76. The molecule has 1 aliphatic rings. The Labute approximate surface area is 92.6 Å². The van der Waals surface area contributed by atoms with E-state index in [1.54, 1.807) is 14.0 Å². The Morgan fingerprint density at radius 2 is 2.07 bits per heavy atom. The van der Waals surface area contributed by atoms with Gasteiger partial charge in [-0.15, -0.1) is 0 Å². The summed E-state index contributed by atoms with van der Waals surface area (Å²) in [6, 6.07) is 0.332. The Morgan fingerprint density at radius 3 is 2.67 bits per heavy atom. The minimum atomic E-state index is -0.338. The zero-order valence-corrected chi connectivity index (χ0v) is 10.2. The van der Waals surface area contributed by atoms with E-state index in [4.69, 9.17) is 4.74 Å². The normalized spacial score (nSPS) is 33.5. The molecule has 88 valence electrons. The summed E-state index contributed by atoms with van der Waals surface area (Å²) >= 11 is 0. The standard InChI is InChI=1S/C12H23NO2/c1-8-6-5-7-11(9(8)2)13-12(14)10(3)15-4/h8-11H,5-7H2,1-4H3,(H,13,14). The monoisotopic (exact) mass is 213 g/mol. The molecule has 3 nitrogen and oxygen atoms in total. The largest absolute Gasteiger partial charge is 0.372 e. The molecule has 0 aromatic heterocycles. The molecule has 1 fully saturated rings. The molecule has 0 radical (unpaired) electrons. The SMILES string of the molecule is COC(C)C(=O)NC1CCCC(C)C1C. The van der Waals surface area contributed by atoms with Crippen molar-refractivity contribution in [1.82, 2.24) is 5.32 Å². The summed E-state index contributed by atoms with van der Waals surface area (Å²) in [7, 11) is 1.57. The van der Waals surface area contributed by atoms with Crippen LogP contribution in [0.4, 0.5) is 0 Å². The lowest BCUT2D eigenvalue weighted by Crippen LogP contribution is -2.47. The lowest BCUT2D eigenvalue weighted by molar-refractivity contribution is -0.131. The summed E-state index contributed by atoms with van der Waals surface area (Å²) in [5, 5.41) is 3.09. The highest BCUT2D eigenvalue weighted by Crippen LogP contribution is 2.29. The van der Waals surface area contributed by atoms with Gasteiger partial charge >= 0.3 is 0 Å². The van der Waals surface area contributed by atoms with E-state index in [0.717, 1.165) is 6.42 Å². The predicted octanol–water partition coefficient (Wildman–Crippen LogP) is 1.96. The number of nitrogens with one attached hydrogen (secondary N) is 1. The number of rotatable bonds is 3.